The number of benzene rings is 1. The van der Waals surface area contributed by atoms with Gasteiger partial charge in [-0.15, -0.1) is 6.58 Å². The second-order valence-corrected chi connectivity index (χ2v) is 4.87. The smallest absolute Gasteiger partial charge is 0.192 e. The van der Waals surface area contributed by atoms with E-state index in [9.17, 15) is 4.39 Å². The van der Waals surface area contributed by atoms with Crippen LogP contribution in [0, 0.1) is 5.82 Å². The molecule has 1 aromatic rings. The van der Waals surface area contributed by atoms with Crippen LogP contribution in [0.2, 0.25) is 0 Å². The van der Waals surface area contributed by atoms with Crippen molar-refractivity contribution in [1.82, 2.24) is 4.90 Å². The van der Waals surface area contributed by atoms with Crippen molar-refractivity contribution in [3.63, 3.8) is 0 Å². The fourth-order valence-corrected chi connectivity index (χ4v) is 2.33. The van der Waals surface area contributed by atoms with Gasteiger partial charge in [0, 0.05) is 6.54 Å². The maximum atomic E-state index is 12.9. The lowest BCUT2D eigenvalue weighted by Crippen LogP contribution is -2.50. The Bertz CT molecular complexity index is 466. The number of nitrogens with zero attached hydrogens (tertiary/aromatic N) is 2. The lowest BCUT2D eigenvalue weighted by atomic mass is 9.92. The van der Waals surface area contributed by atoms with Gasteiger partial charge in [-0.2, -0.15) is 0 Å². The minimum atomic E-state index is -0.214. The van der Waals surface area contributed by atoms with Gasteiger partial charge in [-0.3, -0.25) is 4.99 Å². The van der Waals surface area contributed by atoms with Crippen molar-refractivity contribution >= 4 is 5.96 Å². The fraction of sp³-hybridized carbons (Fsp3) is 0.357. The quantitative estimate of drug-likeness (QED) is 0.826. The Kier molecular flexibility index (Phi) is 3.36. The van der Waals surface area contributed by atoms with Gasteiger partial charge in [0.05, 0.1) is 12.1 Å². The van der Waals surface area contributed by atoms with E-state index < -0.39 is 0 Å². The summed E-state index contributed by atoms with van der Waals surface area (Å²) in [6.45, 7) is 7.19. The van der Waals surface area contributed by atoms with E-state index in [2.05, 4.69) is 18.5 Å². The molecule has 0 aliphatic carbocycles. The van der Waals surface area contributed by atoms with Crippen LogP contribution < -0.4 is 5.73 Å². The van der Waals surface area contributed by atoms with Crippen LogP contribution >= 0.6 is 0 Å². The number of rotatable bonds is 4. The first-order valence-corrected chi connectivity index (χ1v) is 5.98. The lowest BCUT2D eigenvalue weighted by Gasteiger charge is -2.35. The van der Waals surface area contributed by atoms with E-state index in [1.54, 1.807) is 12.1 Å². The highest BCUT2D eigenvalue weighted by Gasteiger charge is 2.37. The Morgan fingerprint density at radius 1 is 1.50 bits per heavy atom. The normalized spacial score (nSPS) is 23.0. The zero-order valence-electron chi connectivity index (χ0n) is 10.6. The molecule has 0 aromatic heterocycles. The molecule has 0 fully saturated rings. The summed E-state index contributed by atoms with van der Waals surface area (Å²) < 4.78 is 12.9. The summed E-state index contributed by atoms with van der Waals surface area (Å²) in [5.41, 5.74) is 6.81. The van der Waals surface area contributed by atoms with Crippen LogP contribution in [-0.4, -0.2) is 29.5 Å². The van der Waals surface area contributed by atoms with Crippen molar-refractivity contribution in [2.75, 3.05) is 13.1 Å². The summed E-state index contributed by atoms with van der Waals surface area (Å²) in [6, 6.07) is 6.58. The summed E-state index contributed by atoms with van der Waals surface area (Å²) in [5.74, 6) is 0.341. The van der Waals surface area contributed by atoms with Crippen molar-refractivity contribution in [2.45, 2.75) is 18.9 Å². The van der Waals surface area contributed by atoms with Crippen molar-refractivity contribution in [1.29, 1.82) is 0 Å². The van der Waals surface area contributed by atoms with Gasteiger partial charge < -0.3 is 10.6 Å². The summed E-state index contributed by atoms with van der Waals surface area (Å²) in [5, 5.41) is 0. The van der Waals surface area contributed by atoms with Gasteiger partial charge in [-0.05, 0) is 31.0 Å². The minimum Gasteiger partial charge on any atom is -0.370 e. The first-order chi connectivity index (χ1) is 8.55. The van der Waals surface area contributed by atoms with E-state index >= 15 is 0 Å². The Hall–Kier alpha value is -1.84. The summed E-state index contributed by atoms with van der Waals surface area (Å²) in [6.07, 6.45) is 2.60. The van der Waals surface area contributed by atoms with Crippen molar-refractivity contribution < 1.29 is 4.39 Å². The topological polar surface area (TPSA) is 41.6 Å². The molecule has 4 heteroatoms. The Balaban J connectivity index is 2.16. The van der Waals surface area contributed by atoms with Crippen LogP contribution in [-0.2, 0) is 6.42 Å². The van der Waals surface area contributed by atoms with Gasteiger partial charge in [0.2, 0.25) is 0 Å². The molecular formula is C14H18FN3. The molecule has 96 valence electrons. The van der Waals surface area contributed by atoms with Crippen LogP contribution in [0.25, 0.3) is 0 Å². The predicted molar refractivity (Wildman–Crippen MR) is 71.9 cm³/mol. The number of aliphatic imine (C=N–C) groups is 1. The van der Waals surface area contributed by atoms with E-state index in [0.717, 1.165) is 12.0 Å². The molecular weight excluding hydrogens is 229 g/mol. The predicted octanol–water partition coefficient (Wildman–Crippen LogP) is 1.94. The molecule has 0 saturated heterocycles. The van der Waals surface area contributed by atoms with Crippen LogP contribution in [0.15, 0.2) is 41.9 Å². The molecule has 0 bridgehead atoms. The lowest BCUT2D eigenvalue weighted by molar-refractivity contribution is 0.239. The van der Waals surface area contributed by atoms with Crippen molar-refractivity contribution in [3.05, 3.63) is 48.3 Å². The minimum absolute atomic E-state index is 0.157. The molecule has 1 unspecified atom stereocenters. The summed E-state index contributed by atoms with van der Waals surface area (Å²) >= 11 is 0. The van der Waals surface area contributed by atoms with Gasteiger partial charge in [-0.25, -0.2) is 4.39 Å². The van der Waals surface area contributed by atoms with E-state index in [1.807, 2.05) is 11.0 Å². The van der Waals surface area contributed by atoms with Gasteiger partial charge in [0.1, 0.15) is 5.82 Å². The van der Waals surface area contributed by atoms with Crippen LogP contribution in [0.1, 0.15) is 12.5 Å². The molecule has 3 nitrogen and oxygen atoms in total. The largest absolute Gasteiger partial charge is 0.370 e. The number of guanidine groups is 1. The van der Waals surface area contributed by atoms with Crippen molar-refractivity contribution in [3.8, 4) is 0 Å². The number of halogens is 1. The molecule has 0 radical (unpaired) electrons. The molecule has 1 aromatic carbocycles. The van der Waals surface area contributed by atoms with Gasteiger partial charge in [0.25, 0.3) is 0 Å². The molecule has 0 saturated carbocycles. The first-order valence-electron chi connectivity index (χ1n) is 5.98. The zero-order valence-corrected chi connectivity index (χ0v) is 10.6. The molecule has 0 amide bonds. The highest BCUT2D eigenvalue weighted by atomic mass is 19.1. The highest BCUT2D eigenvalue weighted by molar-refractivity contribution is 5.81. The second kappa shape index (κ2) is 4.80. The summed E-state index contributed by atoms with van der Waals surface area (Å²) in [4.78, 5) is 6.35. The van der Waals surface area contributed by atoms with E-state index in [1.165, 1.54) is 12.1 Å². The van der Waals surface area contributed by atoms with Crippen LogP contribution in [0.5, 0.6) is 0 Å². The molecule has 1 atom stereocenters. The SMILES string of the molecule is C=CCN1C(N)=NCC1(C)Cc1ccc(F)cc1. The summed E-state index contributed by atoms with van der Waals surface area (Å²) in [7, 11) is 0. The Morgan fingerprint density at radius 3 is 2.78 bits per heavy atom. The number of nitrogens with two attached hydrogens (primary N) is 1. The number of hydrogen-bond donors (Lipinski definition) is 1. The van der Waals surface area contributed by atoms with E-state index in [0.29, 0.717) is 19.0 Å². The molecule has 18 heavy (non-hydrogen) atoms. The van der Waals surface area contributed by atoms with Crippen molar-refractivity contribution in [2.24, 2.45) is 10.7 Å². The molecule has 0 spiro atoms. The van der Waals surface area contributed by atoms with Gasteiger partial charge >= 0.3 is 0 Å². The molecule has 1 aliphatic heterocycles. The average molecular weight is 247 g/mol. The monoisotopic (exact) mass is 247 g/mol. The third kappa shape index (κ3) is 2.37. The molecule has 1 heterocycles. The fourth-order valence-electron chi connectivity index (χ4n) is 2.33. The van der Waals surface area contributed by atoms with Gasteiger partial charge in [0.15, 0.2) is 5.96 Å². The molecule has 1 aliphatic rings. The zero-order chi connectivity index (χ0) is 13.2. The number of hydrogen-bond acceptors (Lipinski definition) is 3. The van der Waals surface area contributed by atoms with Crippen LogP contribution in [0.4, 0.5) is 4.39 Å². The molecule has 2 N–H and O–H groups in total. The third-order valence-corrected chi connectivity index (χ3v) is 3.32. The standard InChI is InChI=1S/C14H18FN3/c1-3-8-18-13(16)17-10-14(18,2)9-11-4-6-12(15)7-5-11/h3-7H,1,8-10H2,2H3,(H2,16,17). The van der Waals surface area contributed by atoms with Gasteiger partial charge in [-0.1, -0.05) is 18.2 Å². The van der Waals surface area contributed by atoms with E-state index in [-0.39, 0.29) is 11.4 Å². The molecule has 2 rings (SSSR count). The Labute approximate surface area is 107 Å². The second-order valence-electron chi connectivity index (χ2n) is 4.87. The van der Waals surface area contributed by atoms with Crippen LogP contribution in [0.3, 0.4) is 0 Å². The average Bonchev–Trinajstić information content (AvgIpc) is 2.61. The Morgan fingerprint density at radius 2 is 2.17 bits per heavy atom. The van der Waals surface area contributed by atoms with E-state index in [4.69, 9.17) is 5.73 Å². The third-order valence-electron chi connectivity index (χ3n) is 3.32. The highest BCUT2D eigenvalue weighted by Crippen LogP contribution is 2.25. The maximum absolute atomic E-state index is 12.9. The maximum Gasteiger partial charge on any atom is 0.192 e. The first kappa shape index (κ1) is 12.6.